The number of rotatable bonds is 2. The number of anilines is 1. The molecule has 7 heteroatoms. The molecule has 0 saturated carbocycles. The highest BCUT2D eigenvalue weighted by molar-refractivity contribution is 7.13. The Kier molecular flexibility index (Phi) is 2.64. The Bertz CT molecular complexity index is 264. The summed E-state index contributed by atoms with van der Waals surface area (Å²) in [5, 5.41) is 7.04. The predicted molar refractivity (Wildman–Crippen MR) is 39.3 cm³/mol. The zero-order valence-electron chi connectivity index (χ0n) is 6.07. The molecular formula is C5H5F2N3OS. The van der Waals surface area contributed by atoms with Gasteiger partial charge in [0, 0.05) is 7.05 Å². The first-order valence-corrected chi connectivity index (χ1v) is 3.82. The predicted octanol–water partition coefficient (Wildman–Crippen LogP) is 0.766. The minimum absolute atomic E-state index is 0.167. The summed E-state index contributed by atoms with van der Waals surface area (Å²) in [6.07, 6.45) is -3.00. The SMILES string of the molecule is CN(C(=O)C(F)F)c1nncs1. The Morgan fingerprint density at radius 3 is 2.83 bits per heavy atom. The van der Waals surface area contributed by atoms with Gasteiger partial charge in [-0.15, -0.1) is 10.2 Å². The van der Waals surface area contributed by atoms with Crippen molar-refractivity contribution in [3.63, 3.8) is 0 Å². The minimum Gasteiger partial charge on any atom is -0.285 e. The van der Waals surface area contributed by atoms with Gasteiger partial charge in [-0.3, -0.25) is 9.69 Å². The van der Waals surface area contributed by atoms with Crippen molar-refractivity contribution in [1.82, 2.24) is 10.2 Å². The van der Waals surface area contributed by atoms with Gasteiger partial charge in [0.05, 0.1) is 0 Å². The van der Waals surface area contributed by atoms with Gasteiger partial charge in [-0.05, 0) is 0 Å². The number of alkyl halides is 2. The summed E-state index contributed by atoms with van der Waals surface area (Å²) < 4.78 is 23.7. The lowest BCUT2D eigenvalue weighted by molar-refractivity contribution is -0.128. The molecule has 0 aliphatic heterocycles. The van der Waals surface area contributed by atoms with Crippen LogP contribution in [0.2, 0.25) is 0 Å². The summed E-state index contributed by atoms with van der Waals surface area (Å²) in [5.74, 6) is -1.27. The Labute approximate surface area is 70.8 Å². The van der Waals surface area contributed by atoms with Crippen molar-refractivity contribution >= 4 is 22.4 Å². The van der Waals surface area contributed by atoms with Crippen LogP contribution in [0.3, 0.4) is 0 Å². The largest absolute Gasteiger partial charge is 0.316 e. The van der Waals surface area contributed by atoms with Crippen LogP contribution in [0.5, 0.6) is 0 Å². The number of hydrogen-bond donors (Lipinski definition) is 0. The van der Waals surface area contributed by atoms with E-state index in [9.17, 15) is 13.6 Å². The van der Waals surface area contributed by atoms with E-state index in [0.717, 1.165) is 16.2 Å². The summed E-state index contributed by atoms with van der Waals surface area (Å²) in [6.45, 7) is 0. The molecule has 66 valence electrons. The first-order valence-electron chi connectivity index (χ1n) is 2.95. The molecule has 0 spiro atoms. The van der Waals surface area contributed by atoms with Crippen molar-refractivity contribution in [3.8, 4) is 0 Å². The number of carbonyl (C=O) groups is 1. The molecule has 0 saturated heterocycles. The normalized spacial score (nSPS) is 10.3. The standard InChI is InChI=1S/C5H5F2N3OS/c1-10(4(11)3(6)7)5-9-8-2-12-5/h2-3H,1H3. The summed E-state index contributed by atoms with van der Waals surface area (Å²) in [7, 11) is 1.23. The lowest BCUT2D eigenvalue weighted by Crippen LogP contribution is -2.31. The summed E-state index contributed by atoms with van der Waals surface area (Å²) in [6, 6.07) is 0. The second kappa shape index (κ2) is 3.53. The van der Waals surface area contributed by atoms with E-state index >= 15 is 0 Å². The molecule has 0 aliphatic rings. The van der Waals surface area contributed by atoms with Gasteiger partial charge in [0.25, 0.3) is 5.91 Å². The van der Waals surface area contributed by atoms with E-state index in [1.54, 1.807) is 0 Å². The van der Waals surface area contributed by atoms with Gasteiger partial charge in [-0.1, -0.05) is 11.3 Å². The van der Waals surface area contributed by atoms with Crippen LogP contribution < -0.4 is 4.90 Å². The van der Waals surface area contributed by atoms with Crippen LogP contribution in [0.4, 0.5) is 13.9 Å². The fraction of sp³-hybridized carbons (Fsp3) is 0.400. The van der Waals surface area contributed by atoms with E-state index in [4.69, 9.17) is 0 Å². The van der Waals surface area contributed by atoms with E-state index in [2.05, 4.69) is 10.2 Å². The van der Waals surface area contributed by atoms with Crippen LogP contribution in [-0.4, -0.2) is 29.6 Å². The molecule has 1 heterocycles. The molecule has 0 radical (unpaired) electrons. The number of aromatic nitrogens is 2. The maximum Gasteiger partial charge on any atom is 0.316 e. The van der Waals surface area contributed by atoms with Crippen molar-refractivity contribution in [1.29, 1.82) is 0 Å². The van der Waals surface area contributed by atoms with Crippen molar-refractivity contribution in [2.24, 2.45) is 0 Å². The third-order valence-electron chi connectivity index (χ3n) is 1.15. The number of amides is 1. The molecular weight excluding hydrogens is 188 g/mol. The quantitative estimate of drug-likeness (QED) is 0.696. The first kappa shape index (κ1) is 8.98. The monoisotopic (exact) mass is 193 g/mol. The average molecular weight is 193 g/mol. The van der Waals surface area contributed by atoms with Crippen LogP contribution in [0.1, 0.15) is 0 Å². The molecule has 1 rings (SSSR count). The second-order valence-corrected chi connectivity index (χ2v) is 2.73. The summed E-state index contributed by atoms with van der Waals surface area (Å²) in [4.78, 5) is 11.4. The fourth-order valence-corrected chi connectivity index (χ4v) is 1.08. The molecule has 1 aromatic rings. The minimum atomic E-state index is -3.00. The number of halogens is 2. The molecule has 1 aromatic heterocycles. The van der Waals surface area contributed by atoms with Crippen LogP contribution in [0, 0.1) is 0 Å². The van der Waals surface area contributed by atoms with Gasteiger partial charge < -0.3 is 0 Å². The maximum absolute atomic E-state index is 11.8. The summed E-state index contributed by atoms with van der Waals surface area (Å²) in [5.41, 5.74) is 1.37. The molecule has 0 N–H and O–H groups in total. The van der Waals surface area contributed by atoms with E-state index < -0.39 is 12.3 Å². The van der Waals surface area contributed by atoms with Crippen molar-refractivity contribution in [2.75, 3.05) is 11.9 Å². The highest BCUT2D eigenvalue weighted by Crippen LogP contribution is 2.15. The molecule has 0 aliphatic carbocycles. The number of hydrogen-bond acceptors (Lipinski definition) is 4. The van der Waals surface area contributed by atoms with Gasteiger partial charge in [-0.2, -0.15) is 8.78 Å². The molecule has 12 heavy (non-hydrogen) atoms. The van der Waals surface area contributed by atoms with Gasteiger partial charge in [0.2, 0.25) is 5.13 Å². The second-order valence-electron chi connectivity index (χ2n) is 1.92. The molecule has 0 atom stereocenters. The lowest BCUT2D eigenvalue weighted by atomic mass is 10.6. The third-order valence-corrected chi connectivity index (χ3v) is 1.92. The first-order chi connectivity index (χ1) is 5.63. The molecule has 1 amide bonds. The Balaban J connectivity index is 2.72. The van der Waals surface area contributed by atoms with Crippen molar-refractivity contribution in [3.05, 3.63) is 5.51 Å². The van der Waals surface area contributed by atoms with Crippen LogP contribution in [-0.2, 0) is 4.79 Å². The van der Waals surface area contributed by atoms with Gasteiger partial charge in [0.15, 0.2) is 0 Å². The Hall–Kier alpha value is -1.11. The maximum atomic E-state index is 11.8. The Morgan fingerprint density at radius 2 is 2.42 bits per heavy atom. The van der Waals surface area contributed by atoms with Crippen LogP contribution >= 0.6 is 11.3 Å². The molecule has 0 fully saturated rings. The molecule has 0 unspecified atom stereocenters. The number of nitrogens with zero attached hydrogens (tertiary/aromatic N) is 3. The van der Waals surface area contributed by atoms with E-state index in [1.165, 1.54) is 12.6 Å². The smallest absolute Gasteiger partial charge is 0.285 e. The molecule has 4 nitrogen and oxygen atoms in total. The lowest BCUT2D eigenvalue weighted by Gasteiger charge is -2.11. The highest BCUT2D eigenvalue weighted by Gasteiger charge is 2.22. The fourth-order valence-electron chi connectivity index (χ4n) is 0.554. The zero-order valence-corrected chi connectivity index (χ0v) is 6.89. The van der Waals surface area contributed by atoms with Crippen molar-refractivity contribution in [2.45, 2.75) is 6.43 Å². The van der Waals surface area contributed by atoms with Crippen LogP contribution in [0.25, 0.3) is 0 Å². The Morgan fingerprint density at radius 1 is 1.75 bits per heavy atom. The topological polar surface area (TPSA) is 46.1 Å². The van der Waals surface area contributed by atoms with Gasteiger partial charge >= 0.3 is 6.43 Å². The summed E-state index contributed by atoms with van der Waals surface area (Å²) >= 11 is 1.03. The number of carbonyl (C=O) groups excluding carboxylic acids is 1. The van der Waals surface area contributed by atoms with Crippen LogP contribution in [0.15, 0.2) is 5.51 Å². The zero-order chi connectivity index (χ0) is 9.14. The highest BCUT2D eigenvalue weighted by atomic mass is 32.1. The van der Waals surface area contributed by atoms with Crippen molar-refractivity contribution < 1.29 is 13.6 Å². The molecule has 0 bridgehead atoms. The van der Waals surface area contributed by atoms with E-state index in [-0.39, 0.29) is 5.13 Å². The van der Waals surface area contributed by atoms with E-state index in [0.29, 0.717) is 0 Å². The van der Waals surface area contributed by atoms with Gasteiger partial charge in [-0.25, -0.2) is 0 Å². The third kappa shape index (κ3) is 1.73. The van der Waals surface area contributed by atoms with E-state index in [1.807, 2.05) is 0 Å². The van der Waals surface area contributed by atoms with Gasteiger partial charge in [0.1, 0.15) is 5.51 Å². The average Bonchev–Trinajstić information content (AvgIpc) is 2.53. The molecule has 0 aromatic carbocycles.